The third kappa shape index (κ3) is 3.68. The lowest BCUT2D eigenvalue weighted by Crippen LogP contribution is -2.33. The number of hydrogen-bond donors (Lipinski definition) is 0. The molecule has 160 valence electrons. The zero-order valence-corrected chi connectivity index (χ0v) is 17.3. The summed E-state index contributed by atoms with van der Waals surface area (Å²) in [7, 11) is 0. The molecule has 0 radical (unpaired) electrons. The van der Waals surface area contributed by atoms with Crippen LogP contribution >= 0.6 is 0 Å². The van der Waals surface area contributed by atoms with Gasteiger partial charge >= 0.3 is 0 Å². The van der Waals surface area contributed by atoms with Gasteiger partial charge in [0, 0.05) is 23.7 Å². The van der Waals surface area contributed by atoms with Crippen LogP contribution in [0.4, 0.5) is 4.39 Å². The predicted molar refractivity (Wildman–Crippen MR) is 116 cm³/mol. The van der Waals surface area contributed by atoms with E-state index in [0.717, 1.165) is 12.8 Å². The van der Waals surface area contributed by atoms with Crippen molar-refractivity contribution in [1.29, 1.82) is 0 Å². The van der Waals surface area contributed by atoms with Crippen molar-refractivity contribution in [3.8, 4) is 0 Å². The van der Waals surface area contributed by atoms with Crippen LogP contribution in [-0.2, 0) is 13.1 Å². The number of hydrogen-bond acceptors (Lipinski definition) is 3. The molecule has 2 aliphatic rings. The number of fused-ring (bicyclic) bond motifs is 1. The summed E-state index contributed by atoms with van der Waals surface area (Å²) >= 11 is 0. The van der Waals surface area contributed by atoms with Crippen LogP contribution in [0.5, 0.6) is 0 Å². The number of halogens is 1. The predicted octanol–water partition coefficient (Wildman–Crippen LogP) is 4.43. The van der Waals surface area contributed by atoms with Gasteiger partial charge in [-0.1, -0.05) is 42.5 Å². The highest BCUT2D eigenvalue weighted by Gasteiger charge is 2.36. The van der Waals surface area contributed by atoms with Gasteiger partial charge in [0.1, 0.15) is 5.82 Å². The molecule has 1 heterocycles. The minimum absolute atomic E-state index is 0.0875. The van der Waals surface area contributed by atoms with Crippen molar-refractivity contribution in [3.63, 3.8) is 0 Å². The molecule has 5 rings (SSSR count). The zero-order chi connectivity index (χ0) is 22.2. The van der Waals surface area contributed by atoms with Gasteiger partial charge in [-0.05, 0) is 48.7 Å². The lowest BCUT2D eigenvalue weighted by Gasteiger charge is -2.23. The molecular formula is C26H21FN2O3. The maximum Gasteiger partial charge on any atom is 0.261 e. The average molecular weight is 428 g/mol. The Kier molecular flexibility index (Phi) is 5.05. The Bertz CT molecular complexity index is 1200. The molecule has 1 aliphatic carbocycles. The van der Waals surface area contributed by atoms with E-state index in [-0.39, 0.29) is 42.7 Å². The zero-order valence-electron chi connectivity index (χ0n) is 17.3. The smallest absolute Gasteiger partial charge is 0.261 e. The van der Waals surface area contributed by atoms with Crippen LogP contribution in [0, 0.1) is 5.82 Å². The number of rotatable bonds is 6. The lowest BCUT2D eigenvalue weighted by molar-refractivity contribution is 0.0642. The van der Waals surface area contributed by atoms with Crippen molar-refractivity contribution in [2.45, 2.75) is 32.0 Å². The molecule has 1 saturated carbocycles. The molecule has 0 aromatic heterocycles. The molecule has 6 heteroatoms. The van der Waals surface area contributed by atoms with Crippen molar-refractivity contribution in [3.05, 3.63) is 106 Å². The van der Waals surface area contributed by atoms with E-state index >= 15 is 0 Å². The van der Waals surface area contributed by atoms with Gasteiger partial charge in [0.25, 0.3) is 17.7 Å². The Morgan fingerprint density at radius 2 is 1.56 bits per heavy atom. The SMILES string of the molecule is O=C1c2ccccc2C(=O)N1Cc1cccc(C(=O)N(Cc2ccccc2F)C2CC2)c1. The first kappa shape index (κ1) is 20.1. The van der Waals surface area contributed by atoms with Crippen molar-refractivity contribution in [2.24, 2.45) is 0 Å². The number of amides is 3. The second-order valence-electron chi connectivity index (χ2n) is 8.20. The third-order valence-corrected chi connectivity index (χ3v) is 5.94. The van der Waals surface area contributed by atoms with Crippen LogP contribution in [0.15, 0.2) is 72.8 Å². The summed E-state index contributed by atoms with van der Waals surface area (Å²) in [6.45, 7) is 0.295. The summed E-state index contributed by atoms with van der Waals surface area (Å²) in [6, 6.07) is 20.3. The molecule has 0 saturated heterocycles. The molecule has 32 heavy (non-hydrogen) atoms. The molecular weight excluding hydrogens is 407 g/mol. The van der Waals surface area contributed by atoms with Crippen LogP contribution in [-0.4, -0.2) is 33.6 Å². The van der Waals surface area contributed by atoms with E-state index in [1.807, 2.05) is 0 Å². The molecule has 3 amide bonds. The minimum atomic E-state index is -0.332. The summed E-state index contributed by atoms with van der Waals surface area (Å²) in [5.74, 6) is -1.17. The second-order valence-corrected chi connectivity index (χ2v) is 8.20. The summed E-state index contributed by atoms with van der Waals surface area (Å²) in [5, 5.41) is 0. The molecule has 0 atom stereocenters. The monoisotopic (exact) mass is 428 g/mol. The molecule has 3 aromatic carbocycles. The fourth-order valence-electron chi connectivity index (χ4n) is 4.10. The molecule has 0 N–H and O–H groups in total. The number of nitrogens with zero attached hydrogens (tertiary/aromatic N) is 2. The highest BCUT2D eigenvalue weighted by Crippen LogP contribution is 2.31. The van der Waals surface area contributed by atoms with Gasteiger partial charge in [0.15, 0.2) is 0 Å². The third-order valence-electron chi connectivity index (χ3n) is 5.94. The van der Waals surface area contributed by atoms with Crippen LogP contribution in [0.1, 0.15) is 55.0 Å². The first-order chi connectivity index (χ1) is 15.5. The summed E-state index contributed by atoms with van der Waals surface area (Å²) in [4.78, 5) is 41.5. The highest BCUT2D eigenvalue weighted by molar-refractivity contribution is 6.21. The molecule has 1 fully saturated rings. The van der Waals surface area contributed by atoms with Crippen LogP contribution in [0.2, 0.25) is 0 Å². The molecule has 0 bridgehead atoms. The first-order valence-corrected chi connectivity index (χ1v) is 10.6. The first-order valence-electron chi connectivity index (χ1n) is 10.6. The Morgan fingerprint density at radius 3 is 2.22 bits per heavy atom. The minimum Gasteiger partial charge on any atom is -0.331 e. The molecule has 5 nitrogen and oxygen atoms in total. The van der Waals surface area contributed by atoms with Crippen molar-refractivity contribution in [2.75, 3.05) is 0 Å². The van der Waals surface area contributed by atoms with Crippen LogP contribution < -0.4 is 0 Å². The van der Waals surface area contributed by atoms with Crippen LogP contribution in [0.25, 0.3) is 0 Å². The normalized spacial score (nSPS) is 15.1. The van der Waals surface area contributed by atoms with E-state index in [2.05, 4.69) is 0 Å². The van der Waals surface area contributed by atoms with Gasteiger partial charge in [-0.25, -0.2) is 4.39 Å². The average Bonchev–Trinajstić information content (AvgIpc) is 3.63. The lowest BCUT2D eigenvalue weighted by atomic mass is 10.1. The number of carbonyl (C=O) groups is 3. The number of carbonyl (C=O) groups excluding carboxylic acids is 3. The standard InChI is InChI=1S/C26H21FN2O3/c27-23-11-4-1-7-19(23)16-28(20-12-13-20)24(30)18-8-5-6-17(14-18)15-29-25(31)21-9-2-3-10-22(21)26(29)32/h1-11,14,20H,12-13,15-16H2. The number of benzene rings is 3. The Hall–Kier alpha value is -3.80. The van der Waals surface area contributed by atoms with E-state index in [0.29, 0.717) is 27.8 Å². The maximum absolute atomic E-state index is 14.2. The molecule has 3 aromatic rings. The summed E-state index contributed by atoms with van der Waals surface area (Å²) in [5.41, 5.74) is 2.42. The Morgan fingerprint density at radius 1 is 0.906 bits per heavy atom. The van der Waals surface area contributed by atoms with Crippen LogP contribution in [0.3, 0.4) is 0 Å². The van der Waals surface area contributed by atoms with E-state index in [9.17, 15) is 18.8 Å². The van der Waals surface area contributed by atoms with E-state index in [1.165, 1.54) is 11.0 Å². The van der Waals surface area contributed by atoms with Gasteiger partial charge < -0.3 is 4.90 Å². The quantitative estimate of drug-likeness (QED) is 0.546. The second kappa shape index (κ2) is 8.04. The molecule has 1 aliphatic heterocycles. The van der Waals surface area contributed by atoms with Gasteiger partial charge in [0.05, 0.1) is 17.7 Å². The summed E-state index contributed by atoms with van der Waals surface area (Å²) in [6.07, 6.45) is 1.80. The highest BCUT2D eigenvalue weighted by atomic mass is 19.1. The molecule has 0 unspecified atom stereocenters. The Labute approximate surface area is 185 Å². The van der Waals surface area contributed by atoms with E-state index in [4.69, 9.17) is 0 Å². The molecule has 0 spiro atoms. The van der Waals surface area contributed by atoms with Gasteiger partial charge in [0.2, 0.25) is 0 Å². The van der Waals surface area contributed by atoms with Gasteiger partial charge in [-0.2, -0.15) is 0 Å². The maximum atomic E-state index is 14.2. The fraction of sp³-hybridized carbons (Fsp3) is 0.192. The summed E-state index contributed by atoms with van der Waals surface area (Å²) < 4.78 is 14.2. The topological polar surface area (TPSA) is 57.7 Å². The van der Waals surface area contributed by atoms with Crippen molar-refractivity contribution in [1.82, 2.24) is 9.80 Å². The Balaban J connectivity index is 1.37. The number of imide groups is 1. The van der Waals surface area contributed by atoms with Gasteiger partial charge in [-0.15, -0.1) is 0 Å². The van der Waals surface area contributed by atoms with E-state index in [1.54, 1.807) is 71.6 Å². The van der Waals surface area contributed by atoms with E-state index < -0.39 is 0 Å². The largest absolute Gasteiger partial charge is 0.331 e. The van der Waals surface area contributed by atoms with Gasteiger partial charge in [-0.3, -0.25) is 19.3 Å². The van der Waals surface area contributed by atoms with Crippen molar-refractivity contribution < 1.29 is 18.8 Å². The fourth-order valence-corrected chi connectivity index (χ4v) is 4.10. The van der Waals surface area contributed by atoms with Crippen molar-refractivity contribution >= 4 is 17.7 Å².